The number of aromatic nitrogens is 2. The molecule has 1 aliphatic rings. The van der Waals surface area contributed by atoms with Crippen LogP contribution in [0.5, 0.6) is 0 Å². The van der Waals surface area contributed by atoms with E-state index in [1.807, 2.05) is 0 Å². The van der Waals surface area contributed by atoms with Crippen LogP contribution in [0.2, 0.25) is 0 Å². The number of hydrogen-bond donors (Lipinski definition) is 2. The third-order valence-electron chi connectivity index (χ3n) is 4.02. The second kappa shape index (κ2) is 5.14. The molecular weight excluding hydrogens is 260 g/mol. The average molecular weight is 282 g/mol. The van der Waals surface area contributed by atoms with E-state index in [0.717, 1.165) is 6.42 Å². The van der Waals surface area contributed by atoms with Crippen molar-refractivity contribution in [1.29, 1.82) is 0 Å². The molecule has 0 aliphatic heterocycles. The molecule has 7 nitrogen and oxygen atoms in total. The van der Waals surface area contributed by atoms with Crippen molar-refractivity contribution in [1.82, 2.24) is 15.1 Å². The summed E-state index contributed by atoms with van der Waals surface area (Å²) in [6, 6.07) is 0.451. The molecule has 0 spiro atoms. The van der Waals surface area contributed by atoms with E-state index in [4.69, 9.17) is 0 Å². The van der Waals surface area contributed by atoms with Gasteiger partial charge < -0.3 is 10.4 Å². The highest BCUT2D eigenvalue weighted by Crippen LogP contribution is 2.44. The molecule has 1 aromatic heterocycles. The van der Waals surface area contributed by atoms with Gasteiger partial charge in [0.15, 0.2) is 0 Å². The van der Waals surface area contributed by atoms with Gasteiger partial charge in [0.25, 0.3) is 0 Å². The van der Waals surface area contributed by atoms with E-state index < -0.39 is 11.0 Å². The lowest BCUT2D eigenvalue weighted by Gasteiger charge is -2.13. The van der Waals surface area contributed by atoms with Crippen molar-refractivity contribution in [3.63, 3.8) is 0 Å². The third kappa shape index (κ3) is 2.99. The average Bonchev–Trinajstić information content (AvgIpc) is 2.82. The van der Waals surface area contributed by atoms with Gasteiger partial charge in [-0.25, -0.2) is 0 Å². The predicted octanol–water partition coefficient (Wildman–Crippen LogP) is 1.16. The Hall–Kier alpha value is -1.47. The quantitative estimate of drug-likeness (QED) is 0.603. The Morgan fingerprint density at radius 1 is 1.60 bits per heavy atom. The number of rotatable bonds is 6. The summed E-state index contributed by atoms with van der Waals surface area (Å²) in [7, 11) is 0. The van der Waals surface area contributed by atoms with Crippen LogP contribution in [0.4, 0.5) is 5.69 Å². The highest BCUT2D eigenvalue weighted by molar-refractivity contribution is 5.39. The molecule has 0 aromatic carbocycles. The molecule has 0 saturated heterocycles. The Morgan fingerprint density at radius 2 is 2.20 bits per heavy atom. The summed E-state index contributed by atoms with van der Waals surface area (Å²) >= 11 is 0. The summed E-state index contributed by atoms with van der Waals surface area (Å²) in [5, 5.41) is 28.4. The number of nitrogens with one attached hydrogen (secondary N) is 1. The molecule has 1 saturated carbocycles. The number of hydrogen-bond acceptors (Lipinski definition) is 5. The van der Waals surface area contributed by atoms with Crippen molar-refractivity contribution < 1.29 is 10.0 Å². The zero-order valence-corrected chi connectivity index (χ0v) is 12.4. The number of aliphatic hydroxyl groups excluding tert-OH is 1. The predicted molar refractivity (Wildman–Crippen MR) is 74.6 cm³/mol. The van der Waals surface area contributed by atoms with Crippen LogP contribution in [0.25, 0.3) is 0 Å². The maximum Gasteiger partial charge on any atom is 0.312 e. The van der Waals surface area contributed by atoms with E-state index in [2.05, 4.69) is 24.3 Å². The molecule has 2 rings (SSSR count). The van der Waals surface area contributed by atoms with Crippen LogP contribution >= 0.6 is 0 Å². The second-order valence-electron chi connectivity index (χ2n) is 6.27. The van der Waals surface area contributed by atoms with Crippen molar-refractivity contribution in [3.05, 3.63) is 21.5 Å². The molecule has 0 bridgehead atoms. The van der Waals surface area contributed by atoms with Crippen molar-refractivity contribution in [2.24, 2.45) is 5.41 Å². The summed E-state index contributed by atoms with van der Waals surface area (Å²) < 4.78 is 1.51. The molecular formula is C13H22N4O3. The number of aliphatic hydroxyl groups is 1. The first-order valence-electron chi connectivity index (χ1n) is 6.82. The normalized spacial score (nSPS) is 21.8. The van der Waals surface area contributed by atoms with Crippen LogP contribution in [-0.4, -0.2) is 38.5 Å². The summed E-state index contributed by atoms with van der Waals surface area (Å²) in [6.07, 6.45) is 0.509. The first-order valence-corrected chi connectivity index (χ1v) is 6.82. The smallest absolute Gasteiger partial charge is 0.312 e. The van der Waals surface area contributed by atoms with Gasteiger partial charge in [0.2, 0.25) is 0 Å². The molecule has 0 radical (unpaired) electrons. The fourth-order valence-corrected chi connectivity index (χ4v) is 2.49. The number of nitrogens with zero attached hydrogens (tertiary/aromatic N) is 3. The molecule has 2 N–H and O–H groups in total. The Bertz CT molecular complexity index is 524. The highest BCUT2D eigenvalue weighted by atomic mass is 16.6. The van der Waals surface area contributed by atoms with Gasteiger partial charge >= 0.3 is 5.69 Å². The van der Waals surface area contributed by atoms with Crippen molar-refractivity contribution >= 4 is 5.69 Å². The fourth-order valence-electron chi connectivity index (χ4n) is 2.49. The van der Waals surface area contributed by atoms with E-state index in [1.165, 1.54) is 4.68 Å². The Morgan fingerprint density at radius 3 is 2.65 bits per heavy atom. The first kappa shape index (κ1) is 14.9. The molecule has 1 fully saturated rings. The van der Waals surface area contributed by atoms with Crippen LogP contribution in [0.1, 0.15) is 31.7 Å². The first-order chi connectivity index (χ1) is 9.22. The molecule has 112 valence electrons. The topological polar surface area (TPSA) is 93.2 Å². The van der Waals surface area contributed by atoms with E-state index in [-0.39, 0.29) is 12.2 Å². The van der Waals surface area contributed by atoms with Crippen LogP contribution < -0.4 is 5.32 Å². The van der Waals surface area contributed by atoms with E-state index in [9.17, 15) is 15.2 Å². The molecule has 2 unspecified atom stereocenters. The van der Waals surface area contributed by atoms with Crippen LogP contribution in [0, 0.1) is 29.4 Å². The summed E-state index contributed by atoms with van der Waals surface area (Å²) in [6.45, 7) is 8.37. The van der Waals surface area contributed by atoms with Crippen molar-refractivity contribution in [3.8, 4) is 0 Å². The number of nitro groups is 1. The Kier molecular flexibility index (Phi) is 3.84. The van der Waals surface area contributed by atoms with Crippen LogP contribution in [-0.2, 0) is 6.54 Å². The maximum atomic E-state index is 10.9. The number of aryl methyl sites for hydroxylation is 1. The fraction of sp³-hybridized carbons (Fsp3) is 0.769. The van der Waals surface area contributed by atoms with E-state index in [1.54, 1.807) is 13.8 Å². The van der Waals surface area contributed by atoms with Gasteiger partial charge in [-0.3, -0.25) is 14.8 Å². The molecule has 0 amide bonds. The standard InChI is InChI=1S/C13H22N4O3/c1-8-12(17(19)20)9(2)16(15-8)7-10(18)6-14-11-5-13(11,3)4/h10-11,14,18H,5-7H2,1-4H3. The molecule has 1 aliphatic carbocycles. The molecule has 1 heterocycles. The van der Waals surface area contributed by atoms with Gasteiger partial charge in [0.05, 0.1) is 17.6 Å². The van der Waals surface area contributed by atoms with Gasteiger partial charge in [0.1, 0.15) is 11.4 Å². The minimum absolute atomic E-state index is 0.0356. The minimum atomic E-state index is -0.607. The lowest BCUT2D eigenvalue weighted by molar-refractivity contribution is -0.386. The van der Waals surface area contributed by atoms with Gasteiger partial charge in [-0.1, -0.05) is 13.8 Å². The van der Waals surface area contributed by atoms with Gasteiger partial charge in [-0.05, 0) is 25.7 Å². The lowest BCUT2D eigenvalue weighted by atomic mass is 10.2. The minimum Gasteiger partial charge on any atom is -0.390 e. The van der Waals surface area contributed by atoms with Gasteiger partial charge in [0, 0.05) is 12.6 Å². The second-order valence-corrected chi connectivity index (χ2v) is 6.27. The summed E-state index contributed by atoms with van der Waals surface area (Å²) in [5.41, 5.74) is 1.22. The largest absolute Gasteiger partial charge is 0.390 e. The maximum absolute atomic E-state index is 10.9. The van der Waals surface area contributed by atoms with Crippen molar-refractivity contribution in [2.45, 2.75) is 52.8 Å². The monoisotopic (exact) mass is 282 g/mol. The van der Waals surface area contributed by atoms with E-state index in [0.29, 0.717) is 29.4 Å². The summed E-state index contributed by atoms with van der Waals surface area (Å²) in [4.78, 5) is 10.5. The van der Waals surface area contributed by atoms with Crippen LogP contribution in [0.3, 0.4) is 0 Å². The van der Waals surface area contributed by atoms with Crippen LogP contribution in [0.15, 0.2) is 0 Å². The SMILES string of the molecule is Cc1nn(CC(O)CNC2CC2(C)C)c(C)c1[N+](=O)[O-]. The molecule has 7 heteroatoms. The highest BCUT2D eigenvalue weighted by Gasteiger charge is 2.45. The van der Waals surface area contributed by atoms with Crippen molar-refractivity contribution in [2.75, 3.05) is 6.54 Å². The van der Waals surface area contributed by atoms with Gasteiger partial charge in [-0.15, -0.1) is 0 Å². The molecule has 2 atom stereocenters. The van der Waals surface area contributed by atoms with E-state index >= 15 is 0 Å². The molecule has 1 aromatic rings. The third-order valence-corrected chi connectivity index (χ3v) is 4.02. The Balaban J connectivity index is 1.93. The zero-order valence-electron chi connectivity index (χ0n) is 12.4. The Labute approximate surface area is 118 Å². The van der Waals surface area contributed by atoms with Gasteiger partial charge in [-0.2, -0.15) is 5.10 Å². The summed E-state index contributed by atoms with van der Waals surface area (Å²) in [5.74, 6) is 0. The lowest BCUT2D eigenvalue weighted by Crippen LogP contribution is -2.33. The molecule has 20 heavy (non-hydrogen) atoms. The zero-order chi connectivity index (χ0) is 15.1.